The lowest BCUT2D eigenvalue weighted by molar-refractivity contribution is -0.136. The maximum Gasteiger partial charge on any atom is 0.303 e. The van der Waals surface area contributed by atoms with Gasteiger partial charge in [0.15, 0.2) is 5.78 Å². The van der Waals surface area contributed by atoms with Gasteiger partial charge in [0, 0.05) is 10.9 Å². The predicted octanol–water partition coefficient (Wildman–Crippen LogP) is 3.21. The van der Waals surface area contributed by atoms with Gasteiger partial charge in [-0.25, -0.2) is 0 Å². The molecule has 3 nitrogen and oxygen atoms in total. The van der Waals surface area contributed by atoms with Crippen LogP contribution < -0.4 is 0 Å². The van der Waals surface area contributed by atoms with Crippen LogP contribution in [0.1, 0.15) is 22.5 Å². The van der Waals surface area contributed by atoms with Crippen molar-refractivity contribution in [3.05, 3.63) is 19.8 Å². The van der Waals surface area contributed by atoms with Crippen LogP contribution in [0.3, 0.4) is 0 Å². The second-order valence-electron chi connectivity index (χ2n) is 2.55. The average molecular weight is 298 g/mol. The lowest BCUT2D eigenvalue weighted by atomic mass is 10.2. The number of carbonyl (C=O) groups is 2. The molecule has 1 N–H and O–H groups in total. The largest absolute Gasteiger partial charge is 0.481 e. The monoisotopic (exact) mass is 296 g/mol. The molecule has 0 fully saturated rings. The Kier molecular flexibility index (Phi) is 4.10. The van der Waals surface area contributed by atoms with E-state index in [1.165, 1.54) is 0 Å². The van der Waals surface area contributed by atoms with Gasteiger partial charge in [0.25, 0.3) is 0 Å². The van der Waals surface area contributed by atoms with E-state index in [2.05, 4.69) is 15.9 Å². The second-order valence-corrected chi connectivity index (χ2v) is 5.06. The summed E-state index contributed by atoms with van der Waals surface area (Å²) < 4.78 is 1.17. The first-order valence-corrected chi connectivity index (χ1v) is 5.69. The molecular weight excluding hydrogens is 292 g/mol. The molecule has 1 aromatic heterocycles. The van der Waals surface area contributed by atoms with E-state index in [1.54, 1.807) is 6.07 Å². The number of hydrogen-bond acceptors (Lipinski definition) is 3. The zero-order valence-electron chi connectivity index (χ0n) is 6.92. The van der Waals surface area contributed by atoms with E-state index in [4.69, 9.17) is 16.7 Å². The molecule has 0 aromatic carbocycles. The Hall–Kier alpha value is -0.390. The van der Waals surface area contributed by atoms with Crippen molar-refractivity contribution in [3.63, 3.8) is 0 Å². The second kappa shape index (κ2) is 4.91. The van der Waals surface area contributed by atoms with Crippen LogP contribution in [0, 0.1) is 0 Å². The van der Waals surface area contributed by atoms with Gasteiger partial charge >= 0.3 is 5.97 Å². The predicted molar refractivity (Wildman–Crippen MR) is 58.2 cm³/mol. The third kappa shape index (κ3) is 3.08. The molecular formula is C8H6BrClO3S. The smallest absolute Gasteiger partial charge is 0.303 e. The van der Waals surface area contributed by atoms with Crippen LogP contribution in [-0.4, -0.2) is 16.9 Å². The zero-order chi connectivity index (χ0) is 10.7. The van der Waals surface area contributed by atoms with Crippen molar-refractivity contribution in [1.82, 2.24) is 0 Å². The molecule has 0 atom stereocenters. The van der Waals surface area contributed by atoms with E-state index < -0.39 is 5.97 Å². The first kappa shape index (κ1) is 11.7. The summed E-state index contributed by atoms with van der Waals surface area (Å²) in [6, 6.07) is 1.61. The number of ketones is 1. The number of carboxylic acid groups (broad SMARTS) is 1. The maximum atomic E-state index is 11.4. The van der Waals surface area contributed by atoms with Crippen molar-refractivity contribution < 1.29 is 14.7 Å². The Labute approximate surface area is 97.8 Å². The van der Waals surface area contributed by atoms with E-state index in [-0.39, 0.29) is 18.6 Å². The molecule has 1 aromatic rings. The first-order chi connectivity index (χ1) is 6.50. The average Bonchev–Trinajstić information content (AvgIpc) is 2.43. The topological polar surface area (TPSA) is 54.4 Å². The van der Waals surface area contributed by atoms with Crippen molar-refractivity contribution in [2.45, 2.75) is 12.8 Å². The Bertz CT molecular complexity index is 355. The highest BCUT2D eigenvalue weighted by molar-refractivity contribution is 9.10. The van der Waals surface area contributed by atoms with Gasteiger partial charge in [-0.3, -0.25) is 9.59 Å². The quantitative estimate of drug-likeness (QED) is 0.868. The SMILES string of the molecule is O=C(O)CCC(=O)c1cc(Br)c(Cl)s1. The summed E-state index contributed by atoms with van der Waals surface area (Å²) >= 11 is 10.1. The number of hydrogen-bond donors (Lipinski definition) is 1. The van der Waals surface area contributed by atoms with E-state index >= 15 is 0 Å². The van der Waals surface area contributed by atoms with Crippen LogP contribution in [0.4, 0.5) is 0 Å². The summed E-state index contributed by atoms with van der Waals surface area (Å²) in [7, 11) is 0. The molecule has 1 rings (SSSR count). The zero-order valence-corrected chi connectivity index (χ0v) is 10.1. The van der Waals surface area contributed by atoms with Crippen molar-refractivity contribution in [1.29, 1.82) is 0 Å². The van der Waals surface area contributed by atoms with Crippen LogP contribution in [0.15, 0.2) is 10.5 Å². The normalized spacial score (nSPS) is 10.1. The summed E-state index contributed by atoms with van der Waals surface area (Å²) in [6.07, 6.45) is -0.134. The fourth-order valence-electron chi connectivity index (χ4n) is 0.828. The van der Waals surface area contributed by atoms with E-state index in [0.29, 0.717) is 13.7 Å². The summed E-state index contributed by atoms with van der Waals surface area (Å²) in [5, 5.41) is 8.38. The molecule has 76 valence electrons. The molecule has 0 radical (unpaired) electrons. The fraction of sp³-hybridized carbons (Fsp3) is 0.250. The maximum absolute atomic E-state index is 11.4. The summed E-state index contributed by atoms with van der Waals surface area (Å²) in [4.78, 5) is 22.1. The van der Waals surface area contributed by atoms with Crippen LogP contribution in [0.5, 0.6) is 0 Å². The van der Waals surface area contributed by atoms with Gasteiger partial charge in [-0.05, 0) is 22.0 Å². The van der Waals surface area contributed by atoms with E-state index in [1.807, 2.05) is 0 Å². The Morgan fingerprint density at radius 2 is 2.14 bits per heavy atom. The molecule has 0 spiro atoms. The number of carbonyl (C=O) groups excluding carboxylic acids is 1. The summed E-state index contributed by atoms with van der Waals surface area (Å²) in [6.45, 7) is 0. The molecule has 14 heavy (non-hydrogen) atoms. The Balaban J connectivity index is 2.65. The van der Waals surface area contributed by atoms with Crippen molar-refractivity contribution in [2.24, 2.45) is 0 Å². The van der Waals surface area contributed by atoms with Crippen molar-refractivity contribution in [2.75, 3.05) is 0 Å². The highest BCUT2D eigenvalue weighted by Gasteiger charge is 2.13. The van der Waals surface area contributed by atoms with Gasteiger partial charge in [0.1, 0.15) is 4.34 Å². The third-order valence-electron chi connectivity index (χ3n) is 1.49. The molecule has 0 aliphatic rings. The van der Waals surface area contributed by atoms with Gasteiger partial charge < -0.3 is 5.11 Å². The number of aliphatic carboxylic acids is 1. The number of Topliss-reactive ketones (excluding diaryl/α,β-unsaturated/α-hetero) is 1. The minimum atomic E-state index is -0.972. The molecule has 6 heteroatoms. The standard InChI is InChI=1S/C8H6BrClO3S/c9-4-3-6(14-8(4)10)5(11)1-2-7(12)13/h3H,1-2H2,(H,12,13). The van der Waals surface area contributed by atoms with E-state index in [9.17, 15) is 9.59 Å². The minimum Gasteiger partial charge on any atom is -0.481 e. The molecule has 0 amide bonds. The number of thiophene rings is 1. The van der Waals surface area contributed by atoms with Gasteiger partial charge in [0.05, 0.1) is 11.3 Å². The molecule has 1 heterocycles. The van der Waals surface area contributed by atoms with Crippen LogP contribution in [0.25, 0.3) is 0 Å². The molecule has 0 aliphatic carbocycles. The lowest BCUT2D eigenvalue weighted by Gasteiger charge is -1.92. The van der Waals surface area contributed by atoms with Crippen LogP contribution in [-0.2, 0) is 4.79 Å². The Morgan fingerprint density at radius 1 is 1.50 bits per heavy atom. The number of rotatable bonds is 4. The van der Waals surface area contributed by atoms with Gasteiger partial charge in [-0.15, -0.1) is 11.3 Å². The number of halogens is 2. The van der Waals surface area contributed by atoms with Gasteiger partial charge in [-0.2, -0.15) is 0 Å². The highest BCUT2D eigenvalue weighted by atomic mass is 79.9. The van der Waals surface area contributed by atoms with Gasteiger partial charge in [-0.1, -0.05) is 11.6 Å². The summed E-state index contributed by atoms with van der Waals surface area (Å²) in [5.74, 6) is -1.16. The Morgan fingerprint density at radius 3 is 2.57 bits per heavy atom. The lowest BCUT2D eigenvalue weighted by Crippen LogP contribution is -2.01. The first-order valence-electron chi connectivity index (χ1n) is 3.70. The number of carboxylic acids is 1. The minimum absolute atomic E-state index is 0.0125. The molecule has 0 saturated heterocycles. The van der Waals surface area contributed by atoms with Crippen molar-refractivity contribution in [3.8, 4) is 0 Å². The fourth-order valence-corrected chi connectivity index (χ4v) is 2.50. The highest BCUT2D eigenvalue weighted by Crippen LogP contribution is 2.32. The van der Waals surface area contributed by atoms with E-state index in [0.717, 1.165) is 11.3 Å². The molecule has 0 bridgehead atoms. The molecule has 0 aliphatic heterocycles. The van der Waals surface area contributed by atoms with Crippen LogP contribution in [0.2, 0.25) is 4.34 Å². The molecule has 0 unspecified atom stereocenters. The van der Waals surface area contributed by atoms with Crippen LogP contribution >= 0.6 is 38.9 Å². The molecule has 0 saturated carbocycles. The summed E-state index contributed by atoms with van der Waals surface area (Å²) in [5.41, 5.74) is 0. The van der Waals surface area contributed by atoms with Gasteiger partial charge in [0.2, 0.25) is 0 Å². The third-order valence-corrected chi connectivity index (χ3v) is 4.00. The van der Waals surface area contributed by atoms with Crippen molar-refractivity contribution >= 4 is 50.6 Å².